The third kappa shape index (κ3) is 10.1. The molecule has 0 fully saturated rings. The van der Waals surface area contributed by atoms with Crippen LogP contribution in [0.2, 0.25) is 0 Å². The minimum Gasteiger partial charge on any atom is -0.480 e. The number of carboxylic acids is 1. The number of aliphatic carboxylic acids is 1. The van der Waals surface area contributed by atoms with Crippen molar-refractivity contribution in [3.63, 3.8) is 0 Å². The number of carbonyl (C=O) groups is 1. The number of unbranched alkanes of at least 4 members (excludes halogenated alkanes) is 4. The van der Waals surface area contributed by atoms with Crippen LogP contribution in [0, 0.1) is 0 Å². The molecule has 0 aromatic rings. The lowest BCUT2D eigenvalue weighted by molar-refractivity contribution is -0.150. The number of aliphatic hydroxyl groups excluding tert-OH is 2. The number of nitrogens with two attached hydrogens (primary N) is 2. The first-order valence-electron chi connectivity index (χ1n) is 8.22. The molecule has 0 aliphatic carbocycles. The molecule has 3 unspecified atom stereocenters. The second-order valence-electron chi connectivity index (χ2n) is 6.25. The quantitative estimate of drug-likeness (QED) is 0.206. The molecular formula is C15H28F2N2O6S. The van der Waals surface area contributed by atoms with Gasteiger partial charge in [-0.1, -0.05) is 25.0 Å². The van der Waals surface area contributed by atoms with E-state index in [9.17, 15) is 32.2 Å². The van der Waals surface area contributed by atoms with Gasteiger partial charge in [0.1, 0.15) is 6.10 Å². The Morgan fingerprint density at radius 2 is 1.69 bits per heavy atom. The van der Waals surface area contributed by atoms with E-state index >= 15 is 0 Å². The number of aliphatic hydroxyl groups is 2. The van der Waals surface area contributed by atoms with Crippen LogP contribution in [0.3, 0.4) is 0 Å². The lowest BCUT2D eigenvalue weighted by Gasteiger charge is -2.31. The highest BCUT2D eigenvalue weighted by molar-refractivity contribution is 7.89. The van der Waals surface area contributed by atoms with Crippen molar-refractivity contribution < 1.29 is 37.3 Å². The van der Waals surface area contributed by atoms with Crippen LogP contribution in [-0.2, 0) is 14.8 Å². The van der Waals surface area contributed by atoms with E-state index in [-0.39, 0.29) is 12.8 Å². The zero-order chi connectivity index (χ0) is 20.4. The summed E-state index contributed by atoms with van der Waals surface area (Å²) in [6.07, 6.45) is 0.365. The molecule has 0 saturated carbocycles. The summed E-state index contributed by atoms with van der Waals surface area (Å²) in [5.41, 5.74) is 2.81. The second kappa shape index (κ2) is 11.5. The van der Waals surface area contributed by atoms with Crippen LogP contribution in [-0.4, -0.2) is 59.6 Å². The largest absolute Gasteiger partial charge is 0.480 e. The Morgan fingerprint density at radius 1 is 1.12 bits per heavy atom. The van der Waals surface area contributed by atoms with Crippen LogP contribution in [0.4, 0.5) is 8.78 Å². The van der Waals surface area contributed by atoms with E-state index in [1.54, 1.807) is 6.08 Å². The molecule has 0 amide bonds. The molecule has 0 radical (unpaired) electrons. The molecular weight excluding hydrogens is 374 g/mol. The van der Waals surface area contributed by atoms with Gasteiger partial charge < -0.3 is 21.1 Å². The van der Waals surface area contributed by atoms with E-state index in [0.29, 0.717) is 19.3 Å². The van der Waals surface area contributed by atoms with E-state index in [4.69, 9.17) is 16.0 Å². The van der Waals surface area contributed by atoms with E-state index in [2.05, 4.69) is 0 Å². The fraction of sp³-hybridized carbons (Fsp3) is 0.800. The summed E-state index contributed by atoms with van der Waals surface area (Å²) in [5.74, 6) is -3.03. The van der Waals surface area contributed by atoms with Gasteiger partial charge in [-0.05, 0) is 25.7 Å². The maximum absolute atomic E-state index is 11.9. The summed E-state index contributed by atoms with van der Waals surface area (Å²) in [4.78, 5) is 11.2. The van der Waals surface area contributed by atoms with Gasteiger partial charge in [0.25, 0.3) is 0 Å². The molecule has 26 heavy (non-hydrogen) atoms. The van der Waals surface area contributed by atoms with Gasteiger partial charge >= 0.3 is 5.97 Å². The number of halogens is 2. The third-order valence-electron chi connectivity index (χ3n) is 3.82. The normalized spacial score (nSPS) is 17.3. The zero-order valence-electron chi connectivity index (χ0n) is 14.4. The molecule has 0 aromatic carbocycles. The molecule has 7 N–H and O–H groups in total. The number of sulfonamides is 1. The SMILES string of the molecule is NC(CS(N)(=O)=O)(C(=O)O)C(O)C(O)C/C=C/CCCCCCC(F)F. The first-order valence-corrected chi connectivity index (χ1v) is 9.93. The summed E-state index contributed by atoms with van der Waals surface area (Å²) < 4.78 is 46.1. The molecule has 8 nitrogen and oxygen atoms in total. The fourth-order valence-corrected chi connectivity index (χ4v) is 3.31. The van der Waals surface area contributed by atoms with Crippen LogP contribution in [0.15, 0.2) is 12.2 Å². The molecule has 0 rings (SSSR count). The second-order valence-corrected chi connectivity index (χ2v) is 7.87. The third-order valence-corrected chi connectivity index (χ3v) is 4.70. The van der Waals surface area contributed by atoms with Crippen molar-refractivity contribution in [2.24, 2.45) is 10.9 Å². The minimum absolute atomic E-state index is 0.108. The van der Waals surface area contributed by atoms with Crippen molar-refractivity contribution in [2.75, 3.05) is 5.75 Å². The summed E-state index contributed by atoms with van der Waals surface area (Å²) in [7, 11) is -4.29. The topological polar surface area (TPSA) is 164 Å². The summed E-state index contributed by atoms with van der Waals surface area (Å²) in [5, 5.41) is 33.7. The molecule has 0 aliphatic rings. The Hall–Kier alpha value is -1.14. The average molecular weight is 402 g/mol. The van der Waals surface area contributed by atoms with Crippen molar-refractivity contribution in [2.45, 2.75) is 69.1 Å². The Bertz CT molecular complexity index is 558. The van der Waals surface area contributed by atoms with Crippen LogP contribution >= 0.6 is 0 Å². The molecule has 11 heteroatoms. The fourth-order valence-electron chi connectivity index (χ4n) is 2.35. The molecule has 0 spiro atoms. The molecule has 0 aromatic heterocycles. The van der Waals surface area contributed by atoms with Crippen LogP contribution in [0.1, 0.15) is 44.9 Å². The summed E-state index contributed by atoms with van der Waals surface area (Å²) >= 11 is 0. The predicted molar refractivity (Wildman–Crippen MR) is 92.0 cm³/mol. The molecule has 0 aliphatic heterocycles. The van der Waals surface area contributed by atoms with E-state index < -0.39 is 45.9 Å². The number of carboxylic acid groups (broad SMARTS) is 1. The maximum atomic E-state index is 11.9. The van der Waals surface area contributed by atoms with Crippen molar-refractivity contribution in [1.29, 1.82) is 0 Å². The van der Waals surface area contributed by atoms with Gasteiger partial charge in [-0.3, -0.25) is 4.79 Å². The first kappa shape index (κ1) is 24.9. The van der Waals surface area contributed by atoms with Gasteiger partial charge in [0, 0.05) is 6.42 Å². The zero-order valence-corrected chi connectivity index (χ0v) is 15.2. The van der Waals surface area contributed by atoms with Gasteiger partial charge in [-0.15, -0.1) is 0 Å². The number of alkyl halides is 2. The highest BCUT2D eigenvalue weighted by Gasteiger charge is 2.47. The Labute approximate surface area is 151 Å². The van der Waals surface area contributed by atoms with E-state index in [1.165, 1.54) is 6.08 Å². The number of hydrogen-bond donors (Lipinski definition) is 5. The number of rotatable bonds is 14. The first-order chi connectivity index (χ1) is 11.9. The van der Waals surface area contributed by atoms with Crippen molar-refractivity contribution in [3.8, 4) is 0 Å². The Morgan fingerprint density at radius 3 is 2.19 bits per heavy atom. The molecule has 154 valence electrons. The molecule has 0 bridgehead atoms. The highest BCUT2D eigenvalue weighted by atomic mass is 32.2. The minimum atomic E-state index is -4.29. The Balaban J connectivity index is 4.35. The van der Waals surface area contributed by atoms with Crippen molar-refractivity contribution in [3.05, 3.63) is 12.2 Å². The van der Waals surface area contributed by atoms with Gasteiger partial charge in [0.2, 0.25) is 16.4 Å². The van der Waals surface area contributed by atoms with Gasteiger partial charge in [-0.25, -0.2) is 22.3 Å². The van der Waals surface area contributed by atoms with Crippen molar-refractivity contribution in [1.82, 2.24) is 0 Å². The van der Waals surface area contributed by atoms with Crippen LogP contribution in [0.5, 0.6) is 0 Å². The number of hydrogen-bond acceptors (Lipinski definition) is 6. The highest BCUT2D eigenvalue weighted by Crippen LogP contribution is 2.17. The molecule has 3 atom stereocenters. The van der Waals surface area contributed by atoms with E-state index in [0.717, 1.165) is 12.8 Å². The standard InChI is InChI=1S/C15H28F2N2O6S/c16-12(17)9-7-5-3-1-2-4-6-8-11(20)13(21)15(18,14(22)23)10-26(19,24)25/h4,6,11-13,20-21H,1-3,5,7-10,18H2,(H,22,23)(H2,19,24,25)/b6-4+. The smallest absolute Gasteiger partial charge is 0.327 e. The van der Waals surface area contributed by atoms with Crippen LogP contribution in [0.25, 0.3) is 0 Å². The number of primary sulfonamides is 1. The van der Waals surface area contributed by atoms with E-state index in [1.807, 2.05) is 0 Å². The van der Waals surface area contributed by atoms with Crippen molar-refractivity contribution >= 4 is 16.0 Å². The van der Waals surface area contributed by atoms with Gasteiger partial charge in [0.15, 0.2) is 5.54 Å². The van der Waals surface area contributed by atoms with Gasteiger partial charge in [-0.2, -0.15) is 0 Å². The Kier molecular flexibility index (Phi) is 11.0. The van der Waals surface area contributed by atoms with Crippen LogP contribution < -0.4 is 10.9 Å². The summed E-state index contributed by atoms with van der Waals surface area (Å²) in [6.45, 7) is 0. The lowest BCUT2D eigenvalue weighted by Crippen LogP contribution is -2.65. The lowest BCUT2D eigenvalue weighted by atomic mass is 9.90. The average Bonchev–Trinajstić information content (AvgIpc) is 2.50. The maximum Gasteiger partial charge on any atom is 0.327 e. The monoisotopic (exact) mass is 402 g/mol. The molecule has 0 saturated heterocycles. The molecule has 0 heterocycles. The predicted octanol–water partition coefficient (Wildman–Crippen LogP) is 0.331. The number of allylic oxidation sites excluding steroid dienone is 1. The summed E-state index contributed by atoms with van der Waals surface area (Å²) in [6, 6.07) is 0. The van der Waals surface area contributed by atoms with Gasteiger partial charge in [0.05, 0.1) is 11.9 Å².